The second-order valence-electron chi connectivity index (χ2n) is 2.48. The maximum absolute atomic E-state index is 11.3. The van der Waals surface area contributed by atoms with Crippen molar-refractivity contribution in [1.82, 2.24) is 9.97 Å². The highest BCUT2D eigenvalue weighted by Gasteiger charge is 2.05. The van der Waals surface area contributed by atoms with Gasteiger partial charge in [-0.15, -0.1) is 0 Å². The van der Waals surface area contributed by atoms with E-state index in [1.807, 2.05) is 6.26 Å². The van der Waals surface area contributed by atoms with Crippen LogP contribution in [-0.2, 0) is 6.42 Å². The highest BCUT2D eigenvalue weighted by molar-refractivity contribution is 7.98. The number of thioether (sulfide) groups is 1. The predicted molar refractivity (Wildman–Crippen MR) is 56.0 cm³/mol. The molecule has 0 bridgehead atoms. The normalized spacial score (nSPS) is 10.2. The second-order valence-corrected chi connectivity index (χ2v) is 3.87. The van der Waals surface area contributed by atoms with Crippen molar-refractivity contribution in [2.45, 2.75) is 6.42 Å². The predicted octanol–water partition coefficient (Wildman–Crippen LogP) is 1.04. The summed E-state index contributed by atoms with van der Waals surface area (Å²) in [5.41, 5.74) is 0.0539. The first kappa shape index (κ1) is 10.3. The van der Waals surface area contributed by atoms with E-state index in [2.05, 4.69) is 22.2 Å². The molecule has 1 heterocycles. The van der Waals surface area contributed by atoms with Crippen LogP contribution in [0.25, 0.3) is 0 Å². The van der Waals surface area contributed by atoms with Crippen molar-refractivity contribution in [3.05, 3.63) is 20.7 Å². The standard InChI is InChI=1S/C7H10N2O2S2/c1-13-3-2-4-5(10)8-7(12)9-6(4)11/h2-3H2,1H3,(H3,8,9,10,11,12). The Hall–Kier alpha value is -0.750. The zero-order valence-corrected chi connectivity index (χ0v) is 8.72. The molecule has 1 rings (SSSR count). The molecule has 0 aliphatic carbocycles. The topological polar surface area (TPSA) is 68.9 Å². The largest absolute Gasteiger partial charge is 0.494 e. The average molecular weight is 218 g/mol. The Bertz CT molecular complexity index is 396. The molecule has 0 saturated carbocycles. The molecule has 1 aromatic heterocycles. The van der Waals surface area contributed by atoms with Crippen molar-refractivity contribution in [2.75, 3.05) is 12.0 Å². The summed E-state index contributed by atoms with van der Waals surface area (Å²) in [7, 11) is 0. The molecule has 4 nitrogen and oxygen atoms in total. The fourth-order valence-electron chi connectivity index (χ4n) is 0.936. The van der Waals surface area contributed by atoms with Crippen LogP contribution in [0.15, 0.2) is 4.79 Å². The number of H-pyrrole nitrogens is 2. The van der Waals surface area contributed by atoms with Crippen molar-refractivity contribution in [3.63, 3.8) is 0 Å². The van der Waals surface area contributed by atoms with Gasteiger partial charge in [-0.2, -0.15) is 11.8 Å². The van der Waals surface area contributed by atoms with Gasteiger partial charge in [0.2, 0.25) is 0 Å². The summed E-state index contributed by atoms with van der Waals surface area (Å²) in [4.78, 5) is 16.2. The smallest absolute Gasteiger partial charge is 0.258 e. The monoisotopic (exact) mass is 218 g/mol. The van der Waals surface area contributed by atoms with Crippen LogP contribution in [0.5, 0.6) is 5.88 Å². The Balaban J connectivity index is 3.07. The number of aromatic hydroxyl groups is 1. The Kier molecular flexibility index (Phi) is 3.56. The van der Waals surface area contributed by atoms with E-state index in [-0.39, 0.29) is 16.2 Å². The van der Waals surface area contributed by atoms with Gasteiger partial charge in [0.25, 0.3) is 5.56 Å². The summed E-state index contributed by atoms with van der Waals surface area (Å²) in [6.45, 7) is 0. The van der Waals surface area contributed by atoms with Gasteiger partial charge in [0.15, 0.2) is 10.7 Å². The summed E-state index contributed by atoms with van der Waals surface area (Å²) in [5.74, 6) is 0.671. The number of hydrogen-bond acceptors (Lipinski definition) is 4. The molecule has 0 aromatic carbocycles. The molecule has 72 valence electrons. The van der Waals surface area contributed by atoms with Crippen molar-refractivity contribution in [1.29, 1.82) is 0 Å². The van der Waals surface area contributed by atoms with Gasteiger partial charge in [0.1, 0.15) is 0 Å². The van der Waals surface area contributed by atoms with Gasteiger partial charge in [0.05, 0.1) is 5.56 Å². The van der Waals surface area contributed by atoms with E-state index in [4.69, 9.17) is 0 Å². The molecular weight excluding hydrogens is 208 g/mol. The average Bonchev–Trinajstić information content (AvgIpc) is 2.02. The van der Waals surface area contributed by atoms with Crippen molar-refractivity contribution >= 4 is 24.0 Å². The SMILES string of the molecule is CSCCc1c(O)[nH]c(=S)[nH]c1=O. The number of rotatable bonds is 3. The van der Waals surface area contributed by atoms with Crippen molar-refractivity contribution in [3.8, 4) is 5.88 Å². The van der Waals surface area contributed by atoms with E-state index in [1.165, 1.54) is 0 Å². The molecule has 0 atom stereocenters. The molecular formula is C7H10N2O2S2. The van der Waals surface area contributed by atoms with E-state index < -0.39 is 0 Å². The van der Waals surface area contributed by atoms with Crippen molar-refractivity contribution in [2.24, 2.45) is 0 Å². The Morgan fingerprint density at radius 2 is 2.23 bits per heavy atom. The van der Waals surface area contributed by atoms with Gasteiger partial charge in [-0.3, -0.25) is 9.78 Å². The summed E-state index contributed by atoms with van der Waals surface area (Å²) >= 11 is 6.30. The minimum absolute atomic E-state index is 0.122. The van der Waals surface area contributed by atoms with E-state index in [9.17, 15) is 9.90 Å². The third-order valence-corrected chi connectivity index (χ3v) is 2.39. The van der Waals surface area contributed by atoms with E-state index in [1.54, 1.807) is 11.8 Å². The molecule has 1 aromatic rings. The number of nitrogens with one attached hydrogen (secondary N) is 2. The minimum Gasteiger partial charge on any atom is -0.494 e. The molecule has 0 fully saturated rings. The van der Waals surface area contributed by atoms with Crippen LogP contribution in [0.1, 0.15) is 5.56 Å². The van der Waals surface area contributed by atoms with Crippen LogP contribution in [0, 0.1) is 4.77 Å². The molecule has 0 radical (unpaired) electrons. The maximum atomic E-state index is 11.3. The lowest BCUT2D eigenvalue weighted by Crippen LogP contribution is -2.14. The lowest BCUT2D eigenvalue weighted by atomic mass is 10.2. The van der Waals surface area contributed by atoms with Crippen molar-refractivity contribution < 1.29 is 5.11 Å². The fraction of sp³-hybridized carbons (Fsp3) is 0.429. The molecule has 0 aliphatic rings. The van der Waals surface area contributed by atoms with Gasteiger partial charge in [-0.1, -0.05) is 0 Å². The van der Waals surface area contributed by atoms with E-state index in [0.29, 0.717) is 12.0 Å². The summed E-state index contributed by atoms with van der Waals surface area (Å²) < 4.78 is 0.149. The summed E-state index contributed by atoms with van der Waals surface area (Å²) in [6.07, 6.45) is 2.48. The molecule has 0 saturated heterocycles. The van der Waals surface area contributed by atoms with E-state index in [0.717, 1.165) is 5.75 Å². The van der Waals surface area contributed by atoms with Gasteiger partial charge in [-0.05, 0) is 30.6 Å². The summed E-state index contributed by atoms with van der Waals surface area (Å²) in [5, 5.41) is 9.35. The van der Waals surface area contributed by atoms with Gasteiger partial charge >= 0.3 is 0 Å². The van der Waals surface area contributed by atoms with E-state index >= 15 is 0 Å². The van der Waals surface area contributed by atoms with Crippen LogP contribution in [0.4, 0.5) is 0 Å². The third-order valence-electron chi connectivity index (χ3n) is 1.58. The molecule has 13 heavy (non-hydrogen) atoms. The second kappa shape index (κ2) is 4.48. The number of hydrogen-bond donors (Lipinski definition) is 3. The first-order valence-electron chi connectivity index (χ1n) is 3.68. The van der Waals surface area contributed by atoms with Crippen LogP contribution in [-0.4, -0.2) is 27.1 Å². The lowest BCUT2D eigenvalue weighted by Gasteiger charge is -2.00. The zero-order chi connectivity index (χ0) is 9.84. The zero-order valence-electron chi connectivity index (χ0n) is 7.09. The van der Waals surface area contributed by atoms with Gasteiger partial charge in [-0.25, -0.2) is 0 Å². The molecule has 3 N–H and O–H groups in total. The van der Waals surface area contributed by atoms with Crippen LogP contribution in [0.3, 0.4) is 0 Å². The minimum atomic E-state index is -0.310. The first-order chi connectivity index (χ1) is 6.15. The molecule has 0 amide bonds. The van der Waals surface area contributed by atoms with Crippen LogP contribution >= 0.6 is 24.0 Å². The Morgan fingerprint density at radius 1 is 1.54 bits per heavy atom. The third kappa shape index (κ3) is 2.60. The molecule has 0 aliphatic heterocycles. The number of aromatic nitrogens is 2. The van der Waals surface area contributed by atoms with Crippen LogP contribution in [0.2, 0.25) is 0 Å². The number of aromatic amines is 2. The first-order valence-corrected chi connectivity index (χ1v) is 5.48. The Labute approximate surface area is 84.4 Å². The highest BCUT2D eigenvalue weighted by atomic mass is 32.2. The van der Waals surface area contributed by atoms with Gasteiger partial charge in [0, 0.05) is 0 Å². The quantitative estimate of drug-likeness (QED) is 0.663. The summed E-state index contributed by atoms with van der Waals surface area (Å²) in [6, 6.07) is 0. The highest BCUT2D eigenvalue weighted by Crippen LogP contribution is 2.09. The lowest BCUT2D eigenvalue weighted by molar-refractivity contribution is 0.442. The fourth-order valence-corrected chi connectivity index (χ4v) is 1.53. The molecule has 6 heteroatoms. The molecule has 0 unspecified atom stereocenters. The molecule has 0 spiro atoms. The van der Waals surface area contributed by atoms with Gasteiger partial charge < -0.3 is 10.1 Å². The Morgan fingerprint density at radius 3 is 2.77 bits per heavy atom. The maximum Gasteiger partial charge on any atom is 0.258 e. The van der Waals surface area contributed by atoms with Crippen LogP contribution < -0.4 is 5.56 Å².